The lowest BCUT2D eigenvalue weighted by Gasteiger charge is -2.20. The molecule has 3 aromatic heterocycles. The number of nitrogens with zero attached hydrogens (tertiary/aromatic N) is 1. The van der Waals surface area contributed by atoms with E-state index in [1.807, 2.05) is 22.9 Å². The first-order valence-corrected chi connectivity index (χ1v) is 13.0. The Morgan fingerprint density at radius 1 is 1.21 bits per heavy atom. The first kappa shape index (κ1) is 20.6. The predicted octanol–water partition coefficient (Wildman–Crippen LogP) is 5.18. The molecule has 29 heavy (non-hydrogen) atoms. The van der Waals surface area contributed by atoms with Crippen LogP contribution in [0.2, 0.25) is 0 Å². The van der Waals surface area contributed by atoms with Crippen LogP contribution in [0.25, 0.3) is 20.7 Å². The second-order valence-corrected chi connectivity index (χ2v) is 10.2. The summed E-state index contributed by atoms with van der Waals surface area (Å²) in [4.78, 5) is 34.3. The van der Waals surface area contributed by atoms with Gasteiger partial charge in [-0.15, -0.1) is 34.4 Å². The molecule has 1 saturated carbocycles. The third kappa shape index (κ3) is 5.29. The number of thiophene rings is 2. The number of H-pyrrole nitrogens is 1. The van der Waals surface area contributed by atoms with E-state index in [1.165, 1.54) is 55.2 Å². The molecule has 4 rings (SSSR count). The van der Waals surface area contributed by atoms with Gasteiger partial charge in [0.2, 0.25) is 5.91 Å². The first-order chi connectivity index (χ1) is 14.2. The molecule has 1 aliphatic carbocycles. The van der Waals surface area contributed by atoms with Crippen molar-refractivity contribution in [3.63, 3.8) is 0 Å². The van der Waals surface area contributed by atoms with Gasteiger partial charge in [-0.1, -0.05) is 38.2 Å². The zero-order valence-electron chi connectivity index (χ0n) is 16.2. The molecule has 2 N–H and O–H groups in total. The van der Waals surface area contributed by atoms with Gasteiger partial charge in [-0.2, -0.15) is 0 Å². The Bertz CT molecular complexity index is 1000. The molecule has 0 unspecified atom stereocenters. The Kier molecular flexibility index (Phi) is 7.05. The molecule has 1 fully saturated rings. The van der Waals surface area contributed by atoms with E-state index >= 15 is 0 Å². The SMILES string of the molecule is O=C(CSCc1nc2scc(-c3cccs3)c2c(=O)[nH]1)NC1CCCCCCC1. The van der Waals surface area contributed by atoms with E-state index in [4.69, 9.17) is 0 Å². The highest BCUT2D eigenvalue weighted by Crippen LogP contribution is 2.33. The van der Waals surface area contributed by atoms with Gasteiger partial charge < -0.3 is 10.3 Å². The average molecular weight is 448 g/mol. The molecular weight excluding hydrogens is 422 g/mol. The number of aromatic amines is 1. The zero-order chi connectivity index (χ0) is 20.1. The summed E-state index contributed by atoms with van der Waals surface area (Å²) in [6, 6.07) is 4.32. The standard InChI is InChI=1S/C21H25N3O2S3/c25-18(22-14-7-4-2-1-3-5-8-14)13-27-12-17-23-20(26)19-15(11-29-21(19)24-17)16-9-6-10-28-16/h6,9-11,14H,1-5,7-8,12-13H2,(H,22,25)(H,23,24,26). The van der Waals surface area contributed by atoms with Crippen molar-refractivity contribution < 1.29 is 4.79 Å². The number of carbonyl (C=O) groups excluding carboxylic acids is 1. The summed E-state index contributed by atoms with van der Waals surface area (Å²) < 4.78 is 0. The van der Waals surface area contributed by atoms with Crippen molar-refractivity contribution in [1.82, 2.24) is 15.3 Å². The van der Waals surface area contributed by atoms with E-state index in [-0.39, 0.29) is 11.5 Å². The number of carbonyl (C=O) groups is 1. The van der Waals surface area contributed by atoms with E-state index in [1.54, 1.807) is 11.3 Å². The van der Waals surface area contributed by atoms with Crippen LogP contribution >= 0.6 is 34.4 Å². The van der Waals surface area contributed by atoms with Crippen molar-refractivity contribution in [2.24, 2.45) is 0 Å². The monoisotopic (exact) mass is 447 g/mol. The number of hydrogen-bond donors (Lipinski definition) is 2. The second-order valence-electron chi connectivity index (χ2n) is 7.42. The van der Waals surface area contributed by atoms with Crippen LogP contribution in [-0.2, 0) is 10.5 Å². The van der Waals surface area contributed by atoms with Crippen molar-refractivity contribution in [2.75, 3.05) is 5.75 Å². The molecular formula is C21H25N3O2S3. The molecule has 0 radical (unpaired) electrons. The maximum atomic E-state index is 12.6. The van der Waals surface area contributed by atoms with Gasteiger partial charge in [0.05, 0.1) is 16.9 Å². The summed E-state index contributed by atoms with van der Waals surface area (Å²) in [6.07, 6.45) is 8.47. The molecule has 3 heterocycles. The van der Waals surface area contributed by atoms with Gasteiger partial charge in [-0.05, 0) is 24.3 Å². The number of nitrogens with one attached hydrogen (secondary N) is 2. The topological polar surface area (TPSA) is 74.8 Å². The number of fused-ring (bicyclic) bond motifs is 1. The Morgan fingerprint density at radius 3 is 2.76 bits per heavy atom. The smallest absolute Gasteiger partial charge is 0.260 e. The molecule has 8 heteroatoms. The van der Waals surface area contributed by atoms with Crippen molar-refractivity contribution in [3.05, 3.63) is 39.1 Å². The minimum atomic E-state index is -0.103. The van der Waals surface area contributed by atoms with Crippen LogP contribution in [-0.4, -0.2) is 27.7 Å². The van der Waals surface area contributed by atoms with Crippen LogP contribution in [0, 0.1) is 0 Å². The van der Waals surface area contributed by atoms with Gasteiger partial charge in [-0.25, -0.2) is 4.98 Å². The van der Waals surface area contributed by atoms with Gasteiger partial charge in [0.15, 0.2) is 0 Å². The van der Waals surface area contributed by atoms with Gasteiger partial charge in [0.1, 0.15) is 10.7 Å². The maximum Gasteiger partial charge on any atom is 0.260 e. The molecule has 0 saturated heterocycles. The zero-order valence-corrected chi connectivity index (χ0v) is 18.7. The molecule has 1 amide bonds. The number of amides is 1. The molecule has 0 spiro atoms. The van der Waals surface area contributed by atoms with Crippen LogP contribution in [0.3, 0.4) is 0 Å². The quantitative estimate of drug-likeness (QED) is 0.546. The lowest BCUT2D eigenvalue weighted by molar-refractivity contribution is -0.119. The van der Waals surface area contributed by atoms with Gasteiger partial charge in [0, 0.05) is 21.9 Å². The maximum absolute atomic E-state index is 12.6. The third-order valence-electron chi connectivity index (χ3n) is 5.22. The van der Waals surface area contributed by atoms with Crippen LogP contribution in [0.4, 0.5) is 0 Å². The van der Waals surface area contributed by atoms with Crippen molar-refractivity contribution >= 4 is 50.6 Å². The minimum Gasteiger partial charge on any atom is -0.353 e. The lowest BCUT2D eigenvalue weighted by Crippen LogP contribution is -2.36. The Morgan fingerprint density at radius 2 is 2.00 bits per heavy atom. The Hall–Kier alpha value is -1.64. The van der Waals surface area contributed by atoms with E-state index in [9.17, 15) is 9.59 Å². The largest absolute Gasteiger partial charge is 0.353 e. The van der Waals surface area contributed by atoms with Gasteiger partial charge in [0.25, 0.3) is 5.56 Å². The highest BCUT2D eigenvalue weighted by Gasteiger charge is 2.16. The molecule has 0 aliphatic heterocycles. The van der Waals surface area contributed by atoms with Crippen LogP contribution in [0.15, 0.2) is 27.7 Å². The molecule has 1 aliphatic rings. The van der Waals surface area contributed by atoms with Gasteiger partial charge >= 0.3 is 0 Å². The summed E-state index contributed by atoms with van der Waals surface area (Å²) in [5, 5.41) is 7.85. The van der Waals surface area contributed by atoms with Crippen LogP contribution < -0.4 is 10.9 Å². The number of aromatic nitrogens is 2. The summed E-state index contributed by atoms with van der Waals surface area (Å²) in [5.41, 5.74) is 0.848. The summed E-state index contributed by atoms with van der Waals surface area (Å²) >= 11 is 4.61. The van der Waals surface area contributed by atoms with Crippen molar-refractivity contribution in [3.8, 4) is 10.4 Å². The summed E-state index contributed by atoms with van der Waals surface area (Å²) in [6.45, 7) is 0. The number of hydrogen-bond acceptors (Lipinski definition) is 6. The Balaban J connectivity index is 1.34. The molecule has 0 atom stereocenters. The second kappa shape index (κ2) is 9.91. The number of thioether (sulfide) groups is 1. The van der Waals surface area contributed by atoms with E-state index < -0.39 is 0 Å². The normalized spacial score (nSPS) is 15.9. The first-order valence-electron chi connectivity index (χ1n) is 10.1. The van der Waals surface area contributed by atoms with E-state index in [2.05, 4.69) is 15.3 Å². The van der Waals surface area contributed by atoms with Crippen LogP contribution in [0.5, 0.6) is 0 Å². The average Bonchev–Trinajstić information content (AvgIpc) is 3.33. The fourth-order valence-electron chi connectivity index (χ4n) is 3.79. The van der Waals surface area contributed by atoms with E-state index in [0.717, 1.165) is 28.1 Å². The summed E-state index contributed by atoms with van der Waals surface area (Å²) in [5.74, 6) is 1.63. The molecule has 5 nitrogen and oxygen atoms in total. The third-order valence-corrected chi connectivity index (χ3v) is 7.94. The summed E-state index contributed by atoms with van der Waals surface area (Å²) in [7, 11) is 0. The van der Waals surface area contributed by atoms with Crippen LogP contribution in [0.1, 0.15) is 50.8 Å². The highest BCUT2D eigenvalue weighted by atomic mass is 32.2. The Labute approximate surface area is 182 Å². The van der Waals surface area contributed by atoms with Gasteiger partial charge in [-0.3, -0.25) is 9.59 Å². The minimum absolute atomic E-state index is 0.0834. The fraction of sp³-hybridized carbons (Fsp3) is 0.476. The fourth-order valence-corrected chi connectivity index (χ4v) is 6.27. The molecule has 3 aromatic rings. The molecule has 154 valence electrons. The van der Waals surface area contributed by atoms with E-state index in [0.29, 0.717) is 28.8 Å². The molecule has 0 aromatic carbocycles. The van der Waals surface area contributed by atoms with Crippen molar-refractivity contribution in [1.29, 1.82) is 0 Å². The lowest BCUT2D eigenvalue weighted by atomic mass is 9.97. The van der Waals surface area contributed by atoms with Crippen molar-refractivity contribution in [2.45, 2.75) is 56.7 Å². The predicted molar refractivity (Wildman–Crippen MR) is 124 cm³/mol. The highest BCUT2D eigenvalue weighted by molar-refractivity contribution is 7.99. The number of rotatable bonds is 6. The molecule has 0 bridgehead atoms.